The highest BCUT2D eigenvalue weighted by atomic mass is 32.1. The minimum Gasteiger partial charge on any atom is -0.435 e. The summed E-state index contributed by atoms with van der Waals surface area (Å²) in [6.07, 6.45) is 0.398. The Morgan fingerprint density at radius 2 is 2.00 bits per heavy atom. The van der Waals surface area contributed by atoms with Gasteiger partial charge >= 0.3 is 12.6 Å². The van der Waals surface area contributed by atoms with Crippen LogP contribution in [0.1, 0.15) is 17.3 Å². The first-order chi connectivity index (χ1) is 11.1. The number of aliphatic hydroxyl groups excluding tert-OH is 1. The van der Waals surface area contributed by atoms with Crippen molar-refractivity contribution in [3.63, 3.8) is 0 Å². The van der Waals surface area contributed by atoms with Crippen LogP contribution in [0.15, 0.2) is 41.8 Å². The van der Waals surface area contributed by atoms with E-state index in [0.717, 1.165) is 4.88 Å². The van der Waals surface area contributed by atoms with E-state index < -0.39 is 12.6 Å². The minimum absolute atomic E-state index is 0.0164. The van der Waals surface area contributed by atoms with Crippen molar-refractivity contribution in [2.24, 2.45) is 0 Å². The first-order valence-corrected chi connectivity index (χ1v) is 7.73. The summed E-state index contributed by atoms with van der Waals surface area (Å²) in [5.41, 5.74) is 0.443. The summed E-state index contributed by atoms with van der Waals surface area (Å²) in [5.74, 6) is 0.0164. The molecule has 0 saturated carbocycles. The minimum atomic E-state index is -2.89. The molecule has 0 bridgehead atoms. The van der Waals surface area contributed by atoms with E-state index in [0.29, 0.717) is 12.1 Å². The van der Waals surface area contributed by atoms with Crippen LogP contribution in [-0.4, -0.2) is 24.4 Å². The molecule has 0 aliphatic carbocycles. The Morgan fingerprint density at radius 3 is 2.57 bits per heavy atom. The Morgan fingerprint density at radius 1 is 1.26 bits per heavy atom. The number of anilines is 1. The van der Waals surface area contributed by atoms with Crippen molar-refractivity contribution in [2.45, 2.75) is 19.1 Å². The summed E-state index contributed by atoms with van der Waals surface area (Å²) in [6.45, 7) is -2.94. The maximum atomic E-state index is 12.1. The van der Waals surface area contributed by atoms with Crippen LogP contribution in [0, 0.1) is 0 Å². The third kappa shape index (κ3) is 5.50. The molecule has 0 radical (unpaired) electrons. The summed E-state index contributed by atoms with van der Waals surface area (Å²) in [4.78, 5) is 12.9. The smallest absolute Gasteiger partial charge is 0.387 e. The molecule has 0 spiro atoms. The van der Waals surface area contributed by atoms with Gasteiger partial charge in [-0.3, -0.25) is 0 Å². The molecule has 1 atom stereocenters. The summed E-state index contributed by atoms with van der Waals surface area (Å²) < 4.78 is 28.4. The Labute approximate surface area is 135 Å². The van der Waals surface area contributed by atoms with Gasteiger partial charge in [-0.25, -0.2) is 4.79 Å². The maximum Gasteiger partial charge on any atom is 0.387 e. The van der Waals surface area contributed by atoms with Gasteiger partial charge in [-0.1, -0.05) is 6.07 Å². The lowest BCUT2D eigenvalue weighted by atomic mass is 10.2. The second-order valence-electron chi connectivity index (χ2n) is 4.58. The zero-order valence-electron chi connectivity index (χ0n) is 12.0. The number of hydrogen-bond donors (Lipinski definition) is 3. The summed E-state index contributed by atoms with van der Waals surface area (Å²) >= 11 is 1.49. The normalized spacial score (nSPS) is 12.0. The number of hydrogen-bond acceptors (Lipinski definition) is 4. The van der Waals surface area contributed by atoms with Gasteiger partial charge in [-0.05, 0) is 42.1 Å². The number of carbonyl (C=O) groups is 1. The lowest BCUT2D eigenvalue weighted by Gasteiger charge is -2.17. The van der Waals surface area contributed by atoms with Gasteiger partial charge in [0, 0.05) is 17.2 Å². The fraction of sp³-hybridized carbons (Fsp3) is 0.267. The van der Waals surface area contributed by atoms with Crippen LogP contribution >= 0.6 is 11.3 Å². The van der Waals surface area contributed by atoms with Gasteiger partial charge in [0.25, 0.3) is 0 Å². The highest BCUT2D eigenvalue weighted by molar-refractivity contribution is 7.10. The Kier molecular flexibility index (Phi) is 6.30. The van der Waals surface area contributed by atoms with E-state index in [2.05, 4.69) is 15.4 Å². The van der Waals surface area contributed by atoms with Crippen LogP contribution < -0.4 is 15.4 Å². The molecule has 0 unspecified atom stereocenters. The highest BCUT2D eigenvalue weighted by Gasteiger charge is 2.15. The lowest BCUT2D eigenvalue weighted by molar-refractivity contribution is -0.0498. The number of amides is 2. The molecule has 1 aromatic carbocycles. The molecular weight excluding hydrogens is 326 g/mol. The van der Waals surface area contributed by atoms with E-state index in [-0.39, 0.29) is 18.4 Å². The van der Waals surface area contributed by atoms with E-state index in [4.69, 9.17) is 5.11 Å². The van der Waals surface area contributed by atoms with Crippen LogP contribution in [0.25, 0.3) is 0 Å². The van der Waals surface area contributed by atoms with Crippen LogP contribution in [0.3, 0.4) is 0 Å². The van der Waals surface area contributed by atoms with Crippen molar-refractivity contribution < 1.29 is 23.4 Å². The zero-order valence-corrected chi connectivity index (χ0v) is 12.9. The van der Waals surface area contributed by atoms with Crippen molar-refractivity contribution in [1.29, 1.82) is 0 Å². The standard InChI is InChI=1S/C15H16F2N2O3S/c16-14(17)22-11-5-3-10(4-6-11)18-15(21)19-12(7-8-20)13-2-1-9-23-13/h1-6,9,12,14,20H,7-8H2,(H2,18,19,21)/t12-/m0/s1. The van der Waals surface area contributed by atoms with Crippen LogP contribution in [-0.2, 0) is 0 Å². The molecule has 1 heterocycles. The number of urea groups is 1. The van der Waals surface area contributed by atoms with E-state index in [9.17, 15) is 13.6 Å². The number of alkyl halides is 2. The van der Waals surface area contributed by atoms with E-state index in [1.807, 2.05) is 17.5 Å². The molecule has 2 amide bonds. The van der Waals surface area contributed by atoms with Gasteiger partial charge in [0.1, 0.15) is 5.75 Å². The van der Waals surface area contributed by atoms with Gasteiger partial charge in [0.05, 0.1) is 6.04 Å². The number of rotatable bonds is 7. The predicted octanol–water partition coefficient (Wildman–Crippen LogP) is 3.59. The van der Waals surface area contributed by atoms with Gasteiger partial charge < -0.3 is 20.5 Å². The number of ether oxygens (including phenoxy) is 1. The molecule has 2 aromatic rings. The van der Waals surface area contributed by atoms with Gasteiger partial charge in [0.15, 0.2) is 0 Å². The number of benzene rings is 1. The average molecular weight is 342 g/mol. The SMILES string of the molecule is O=C(Nc1ccc(OC(F)F)cc1)N[C@@H](CCO)c1cccs1. The van der Waals surface area contributed by atoms with Crippen LogP contribution in [0.2, 0.25) is 0 Å². The van der Waals surface area contributed by atoms with Crippen molar-refractivity contribution >= 4 is 23.1 Å². The molecular formula is C15H16F2N2O3S. The van der Waals surface area contributed by atoms with Gasteiger partial charge in [-0.2, -0.15) is 8.78 Å². The number of thiophene rings is 1. The first kappa shape index (κ1) is 17.2. The van der Waals surface area contributed by atoms with Crippen LogP contribution in [0.5, 0.6) is 5.75 Å². The van der Waals surface area contributed by atoms with Gasteiger partial charge in [-0.15, -0.1) is 11.3 Å². The third-order valence-electron chi connectivity index (χ3n) is 2.95. The second-order valence-corrected chi connectivity index (χ2v) is 5.56. The summed E-state index contributed by atoms with van der Waals surface area (Å²) in [7, 11) is 0. The molecule has 0 saturated heterocycles. The molecule has 8 heteroatoms. The first-order valence-electron chi connectivity index (χ1n) is 6.85. The van der Waals surface area contributed by atoms with Crippen molar-refractivity contribution in [1.82, 2.24) is 5.32 Å². The average Bonchev–Trinajstić information content (AvgIpc) is 3.02. The zero-order chi connectivity index (χ0) is 16.7. The number of aliphatic hydroxyl groups is 1. The Balaban J connectivity index is 1.92. The number of carbonyl (C=O) groups excluding carboxylic acids is 1. The summed E-state index contributed by atoms with van der Waals surface area (Å²) in [6, 6.07) is 8.61. The maximum absolute atomic E-state index is 12.1. The molecule has 0 aliphatic rings. The molecule has 124 valence electrons. The van der Waals surface area contributed by atoms with Crippen molar-refractivity contribution in [2.75, 3.05) is 11.9 Å². The third-order valence-corrected chi connectivity index (χ3v) is 3.93. The molecule has 0 aliphatic heterocycles. The van der Waals surface area contributed by atoms with Crippen LogP contribution in [0.4, 0.5) is 19.3 Å². The summed E-state index contributed by atoms with van der Waals surface area (Å²) in [5, 5.41) is 16.4. The number of halogens is 2. The fourth-order valence-electron chi connectivity index (χ4n) is 1.95. The predicted molar refractivity (Wildman–Crippen MR) is 84.0 cm³/mol. The van der Waals surface area contributed by atoms with Crippen molar-refractivity contribution in [3.8, 4) is 5.75 Å². The Bertz CT molecular complexity index is 606. The van der Waals surface area contributed by atoms with Crippen molar-refractivity contribution in [3.05, 3.63) is 46.7 Å². The van der Waals surface area contributed by atoms with E-state index in [1.54, 1.807) is 0 Å². The van der Waals surface area contributed by atoms with Gasteiger partial charge in [0.2, 0.25) is 0 Å². The lowest BCUT2D eigenvalue weighted by Crippen LogP contribution is -2.32. The fourth-order valence-corrected chi connectivity index (χ4v) is 2.76. The second kappa shape index (κ2) is 8.44. The van der Waals surface area contributed by atoms with E-state index in [1.165, 1.54) is 35.6 Å². The number of nitrogens with one attached hydrogen (secondary N) is 2. The molecule has 23 heavy (non-hydrogen) atoms. The molecule has 0 fully saturated rings. The highest BCUT2D eigenvalue weighted by Crippen LogP contribution is 2.22. The topological polar surface area (TPSA) is 70.6 Å². The monoisotopic (exact) mass is 342 g/mol. The molecule has 1 aromatic heterocycles. The largest absolute Gasteiger partial charge is 0.435 e. The molecule has 5 nitrogen and oxygen atoms in total. The Hall–Kier alpha value is -2.19. The molecule has 3 N–H and O–H groups in total. The molecule has 2 rings (SSSR count). The quantitative estimate of drug-likeness (QED) is 0.720. The van der Waals surface area contributed by atoms with E-state index >= 15 is 0 Å².